The molecule has 2 saturated carbocycles. The molecule has 2 fully saturated rings. The van der Waals surface area contributed by atoms with Crippen molar-refractivity contribution in [3.63, 3.8) is 0 Å². The van der Waals surface area contributed by atoms with Crippen molar-refractivity contribution in [2.24, 2.45) is 17.3 Å². The molecule has 0 unspecified atom stereocenters. The lowest BCUT2D eigenvalue weighted by Crippen LogP contribution is -2.31. The van der Waals surface area contributed by atoms with Crippen molar-refractivity contribution in [3.05, 3.63) is 27.0 Å². The predicted octanol–water partition coefficient (Wildman–Crippen LogP) is 5.63. The normalized spacial score (nSPS) is 27.8. The van der Waals surface area contributed by atoms with Crippen LogP contribution in [0.3, 0.4) is 0 Å². The van der Waals surface area contributed by atoms with Gasteiger partial charge in [0.15, 0.2) is 6.29 Å². The van der Waals surface area contributed by atoms with Gasteiger partial charge in [0.1, 0.15) is 0 Å². The van der Waals surface area contributed by atoms with Crippen LogP contribution < -0.4 is 0 Å². The van der Waals surface area contributed by atoms with Gasteiger partial charge in [0.25, 0.3) is 0 Å². The Kier molecular flexibility index (Phi) is 5.32. The summed E-state index contributed by atoms with van der Waals surface area (Å²) in [6.45, 7) is 6.75. The van der Waals surface area contributed by atoms with Crippen LogP contribution >= 0.6 is 11.3 Å². The molecule has 0 aromatic carbocycles. The van der Waals surface area contributed by atoms with Gasteiger partial charge in [-0.05, 0) is 75.1 Å². The molecule has 0 amide bonds. The summed E-state index contributed by atoms with van der Waals surface area (Å²) in [6.07, 6.45) is 9.81. The fraction of sp³-hybridized carbons (Fsp3) is 0.625. The smallest absolute Gasteiger partial charge is 0.160 e. The molecular formula is C24H31NOS. The van der Waals surface area contributed by atoms with Gasteiger partial charge in [-0.1, -0.05) is 31.6 Å². The number of thiophene rings is 1. The van der Waals surface area contributed by atoms with E-state index in [4.69, 9.17) is 0 Å². The Labute approximate surface area is 168 Å². The molecule has 2 nitrogen and oxygen atoms in total. The Balaban J connectivity index is 1.69. The van der Waals surface area contributed by atoms with Crippen molar-refractivity contribution in [2.45, 2.75) is 58.8 Å². The summed E-state index contributed by atoms with van der Waals surface area (Å²) in [5.41, 5.74) is 4.46. The Morgan fingerprint density at radius 2 is 2.00 bits per heavy atom. The highest BCUT2D eigenvalue weighted by molar-refractivity contribution is 7.14. The topological polar surface area (TPSA) is 20.3 Å². The van der Waals surface area contributed by atoms with E-state index in [1.807, 2.05) is 0 Å². The third-order valence-electron chi connectivity index (χ3n) is 6.76. The standard InChI is InChI=1S/C24H31NOS/c1-17-4-6-18(7-5-17)22-15-25(3)13-9-20(22)21-14-19(27-23(21)16-26)8-10-24(2)11-12-24/h14,16-18H,4-7,9,11-13,15H2,1-3H3. The highest BCUT2D eigenvalue weighted by Crippen LogP contribution is 2.44. The second-order valence-corrected chi connectivity index (χ2v) is 10.3. The zero-order chi connectivity index (χ0) is 19.0. The third kappa shape index (κ3) is 4.23. The molecule has 144 valence electrons. The van der Waals surface area contributed by atoms with Gasteiger partial charge in [-0.2, -0.15) is 0 Å². The van der Waals surface area contributed by atoms with E-state index >= 15 is 0 Å². The quantitative estimate of drug-likeness (QED) is 0.500. The lowest BCUT2D eigenvalue weighted by molar-refractivity contribution is 0.112. The second kappa shape index (κ2) is 7.57. The molecule has 0 bridgehead atoms. The first-order valence-corrected chi connectivity index (χ1v) is 11.3. The van der Waals surface area contributed by atoms with Crippen molar-refractivity contribution in [1.82, 2.24) is 4.90 Å². The first-order valence-electron chi connectivity index (χ1n) is 10.5. The first kappa shape index (κ1) is 19.0. The molecule has 0 atom stereocenters. The van der Waals surface area contributed by atoms with Crippen LogP contribution in [-0.4, -0.2) is 31.3 Å². The molecule has 27 heavy (non-hydrogen) atoms. The number of nitrogens with zero attached hydrogens (tertiary/aromatic N) is 1. The van der Waals surface area contributed by atoms with E-state index in [0.29, 0.717) is 5.92 Å². The Bertz CT molecular complexity index is 809. The number of hydrogen-bond acceptors (Lipinski definition) is 3. The second-order valence-electron chi connectivity index (χ2n) is 9.27. The summed E-state index contributed by atoms with van der Waals surface area (Å²) < 4.78 is 0. The Morgan fingerprint density at radius 3 is 2.67 bits per heavy atom. The molecule has 3 heteroatoms. The van der Waals surface area contributed by atoms with Crippen LogP contribution in [0.25, 0.3) is 5.57 Å². The average Bonchev–Trinajstić information content (AvgIpc) is 3.26. The number of rotatable bonds is 3. The number of hydrogen-bond donors (Lipinski definition) is 0. The van der Waals surface area contributed by atoms with Gasteiger partial charge in [0, 0.05) is 24.1 Å². The van der Waals surface area contributed by atoms with Crippen LogP contribution in [0.5, 0.6) is 0 Å². The molecule has 2 heterocycles. The maximum atomic E-state index is 11.8. The van der Waals surface area contributed by atoms with Crippen LogP contribution in [0, 0.1) is 29.1 Å². The van der Waals surface area contributed by atoms with Crippen LogP contribution in [0.15, 0.2) is 11.6 Å². The molecule has 1 aromatic heterocycles. The van der Waals surface area contributed by atoms with Gasteiger partial charge in [-0.25, -0.2) is 0 Å². The lowest BCUT2D eigenvalue weighted by atomic mass is 9.75. The fourth-order valence-corrected chi connectivity index (χ4v) is 5.39. The van der Waals surface area contributed by atoms with E-state index in [-0.39, 0.29) is 5.41 Å². The molecule has 0 spiro atoms. The maximum Gasteiger partial charge on any atom is 0.160 e. The Morgan fingerprint density at radius 1 is 1.26 bits per heavy atom. The van der Waals surface area contributed by atoms with E-state index in [1.54, 1.807) is 16.9 Å². The fourth-order valence-electron chi connectivity index (χ4n) is 4.54. The van der Waals surface area contributed by atoms with E-state index in [2.05, 4.69) is 43.7 Å². The molecule has 0 saturated heterocycles. The van der Waals surface area contributed by atoms with Crippen LogP contribution in [-0.2, 0) is 0 Å². The van der Waals surface area contributed by atoms with Gasteiger partial charge < -0.3 is 4.90 Å². The highest BCUT2D eigenvalue weighted by Gasteiger charge is 2.35. The van der Waals surface area contributed by atoms with Gasteiger partial charge in [-0.3, -0.25) is 4.79 Å². The number of carbonyl (C=O) groups excluding carboxylic acids is 1. The van der Waals surface area contributed by atoms with Crippen molar-refractivity contribution >= 4 is 23.2 Å². The van der Waals surface area contributed by atoms with Gasteiger partial charge in [0.2, 0.25) is 0 Å². The van der Waals surface area contributed by atoms with Crippen molar-refractivity contribution in [2.75, 3.05) is 20.1 Å². The average molecular weight is 382 g/mol. The van der Waals surface area contributed by atoms with Crippen molar-refractivity contribution < 1.29 is 4.79 Å². The largest absolute Gasteiger partial charge is 0.302 e. The number of aldehydes is 1. The molecule has 1 aromatic rings. The lowest BCUT2D eigenvalue weighted by Gasteiger charge is -2.35. The molecule has 2 aliphatic carbocycles. The SMILES string of the molecule is CC1CCC(C2=C(c3cc(C#CC4(C)CC4)sc3C=O)CCN(C)C2)CC1. The monoisotopic (exact) mass is 381 g/mol. The van der Waals surface area contributed by atoms with E-state index in [0.717, 1.165) is 41.5 Å². The third-order valence-corrected chi connectivity index (χ3v) is 7.74. The summed E-state index contributed by atoms with van der Waals surface area (Å²) >= 11 is 1.58. The van der Waals surface area contributed by atoms with Gasteiger partial charge in [0.05, 0.1) is 9.75 Å². The van der Waals surface area contributed by atoms with E-state index in [1.165, 1.54) is 49.7 Å². The first-order chi connectivity index (χ1) is 13.0. The summed E-state index contributed by atoms with van der Waals surface area (Å²) in [6, 6.07) is 2.21. The molecule has 4 rings (SSSR count). The van der Waals surface area contributed by atoms with E-state index < -0.39 is 0 Å². The van der Waals surface area contributed by atoms with Gasteiger partial charge in [-0.15, -0.1) is 11.3 Å². The summed E-state index contributed by atoms with van der Waals surface area (Å²) in [5, 5.41) is 0. The van der Waals surface area contributed by atoms with Crippen LogP contribution in [0.4, 0.5) is 0 Å². The molecule has 1 aliphatic heterocycles. The molecule has 0 radical (unpaired) electrons. The van der Waals surface area contributed by atoms with Crippen LogP contribution in [0.1, 0.15) is 78.9 Å². The van der Waals surface area contributed by atoms with E-state index in [9.17, 15) is 4.79 Å². The minimum Gasteiger partial charge on any atom is -0.302 e. The number of likely N-dealkylation sites (N-methyl/N-ethyl adjacent to an activating group) is 1. The van der Waals surface area contributed by atoms with Crippen LogP contribution in [0.2, 0.25) is 0 Å². The number of carbonyl (C=O) groups is 1. The summed E-state index contributed by atoms with van der Waals surface area (Å²) in [7, 11) is 2.23. The maximum absolute atomic E-state index is 11.8. The predicted molar refractivity (Wildman–Crippen MR) is 114 cm³/mol. The highest BCUT2D eigenvalue weighted by atomic mass is 32.1. The zero-order valence-electron chi connectivity index (χ0n) is 16.9. The molecule has 0 N–H and O–H groups in total. The van der Waals surface area contributed by atoms with Crippen molar-refractivity contribution in [3.8, 4) is 11.8 Å². The summed E-state index contributed by atoms with van der Waals surface area (Å²) in [5.74, 6) is 8.35. The summed E-state index contributed by atoms with van der Waals surface area (Å²) in [4.78, 5) is 16.2. The zero-order valence-corrected chi connectivity index (χ0v) is 17.8. The Hall–Kier alpha value is -1.37. The molecular weight excluding hydrogens is 350 g/mol. The van der Waals surface area contributed by atoms with Gasteiger partial charge >= 0.3 is 0 Å². The molecule has 3 aliphatic rings. The minimum absolute atomic E-state index is 0.224. The minimum atomic E-state index is 0.224. The van der Waals surface area contributed by atoms with Crippen molar-refractivity contribution in [1.29, 1.82) is 0 Å².